The van der Waals surface area contributed by atoms with Crippen LogP contribution in [-0.4, -0.2) is 44.0 Å². The third kappa shape index (κ3) is 5.81. The van der Waals surface area contributed by atoms with E-state index in [1.165, 1.54) is 14.2 Å². The highest BCUT2D eigenvalue weighted by Crippen LogP contribution is 2.40. The Morgan fingerprint density at radius 2 is 1.11 bits per heavy atom. The van der Waals surface area contributed by atoms with Crippen molar-refractivity contribution in [2.45, 2.75) is 11.8 Å². The number of hydrogen-bond donors (Lipinski definition) is 1. The van der Waals surface area contributed by atoms with E-state index < -0.39 is 10.0 Å². The molecule has 0 fully saturated rings. The lowest BCUT2D eigenvalue weighted by Crippen LogP contribution is -2.14. The molecule has 186 valence electrons. The third-order valence-electron chi connectivity index (χ3n) is 5.23. The van der Waals surface area contributed by atoms with E-state index in [1.54, 1.807) is 69.9 Å². The SMILES string of the molecule is COc1cc(C=Cc2cc(OC)c(OC)c(OC)c2)cc(NS(=O)(=O)c2ccc(C)cc2)c1OC. The molecule has 0 aliphatic rings. The molecule has 0 saturated heterocycles. The van der Waals surface area contributed by atoms with Crippen LogP contribution in [0.15, 0.2) is 53.4 Å². The maximum absolute atomic E-state index is 13.0. The van der Waals surface area contributed by atoms with Crippen LogP contribution in [0, 0.1) is 6.92 Å². The Morgan fingerprint density at radius 1 is 0.657 bits per heavy atom. The van der Waals surface area contributed by atoms with Crippen molar-refractivity contribution in [2.75, 3.05) is 40.3 Å². The number of hydrogen-bond acceptors (Lipinski definition) is 7. The predicted octanol–water partition coefficient (Wildman–Crippen LogP) is 5.01. The van der Waals surface area contributed by atoms with Gasteiger partial charge in [-0.15, -0.1) is 0 Å². The van der Waals surface area contributed by atoms with Crippen LogP contribution in [0.25, 0.3) is 12.2 Å². The van der Waals surface area contributed by atoms with Crippen LogP contribution in [0.4, 0.5) is 5.69 Å². The molecule has 8 nitrogen and oxygen atoms in total. The summed E-state index contributed by atoms with van der Waals surface area (Å²) >= 11 is 0. The standard InChI is InChI=1S/C26H29NO7S/c1-17-7-11-20(12-8-17)35(28,29)27-21-13-18(14-22(30-2)25(21)33-5)9-10-19-15-23(31-3)26(34-6)24(16-19)32-4/h7-16,27H,1-6H3. The predicted molar refractivity (Wildman–Crippen MR) is 137 cm³/mol. The number of nitrogens with one attached hydrogen (secondary N) is 1. The largest absolute Gasteiger partial charge is 0.493 e. The Labute approximate surface area is 206 Å². The van der Waals surface area contributed by atoms with Gasteiger partial charge in [0.05, 0.1) is 46.1 Å². The van der Waals surface area contributed by atoms with E-state index in [-0.39, 0.29) is 16.3 Å². The zero-order valence-electron chi connectivity index (χ0n) is 20.5. The lowest BCUT2D eigenvalue weighted by atomic mass is 10.1. The summed E-state index contributed by atoms with van der Waals surface area (Å²) in [4.78, 5) is 0.141. The van der Waals surface area contributed by atoms with Crippen molar-refractivity contribution in [2.24, 2.45) is 0 Å². The summed E-state index contributed by atoms with van der Waals surface area (Å²) < 4.78 is 55.7. The molecule has 0 bridgehead atoms. The topological polar surface area (TPSA) is 92.3 Å². The summed E-state index contributed by atoms with van der Waals surface area (Å²) in [6.07, 6.45) is 3.65. The van der Waals surface area contributed by atoms with Crippen LogP contribution in [0.5, 0.6) is 28.7 Å². The molecule has 0 spiro atoms. The molecular formula is C26H29NO7S. The molecule has 0 radical (unpaired) electrons. The lowest BCUT2D eigenvalue weighted by molar-refractivity contribution is 0.324. The first-order chi connectivity index (χ1) is 16.8. The van der Waals surface area contributed by atoms with Crippen LogP contribution in [0.3, 0.4) is 0 Å². The van der Waals surface area contributed by atoms with Gasteiger partial charge in [0.25, 0.3) is 10.0 Å². The molecule has 3 rings (SSSR count). The number of benzene rings is 3. The molecule has 0 aliphatic heterocycles. The Kier molecular flexibility index (Phi) is 8.14. The zero-order valence-corrected chi connectivity index (χ0v) is 21.4. The monoisotopic (exact) mass is 499 g/mol. The smallest absolute Gasteiger partial charge is 0.262 e. The molecule has 9 heteroatoms. The average molecular weight is 500 g/mol. The van der Waals surface area contributed by atoms with Crippen molar-refractivity contribution in [3.05, 3.63) is 65.2 Å². The highest BCUT2D eigenvalue weighted by atomic mass is 32.2. The minimum atomic E-state index is -3.85. The second-order valence-electron chi connectivity index (χ2n) is 7.51. The summed E-state index contributed by atoms with van der Waals surface area (Å²) in [7, 11) is 3.72. The van der Waals surface area contributed by atoms with Gasteiger partial charge in [0.15, 0.2) is 23.0 Å². The molecule has 0 saturated carbocycles. The number of rotatable bonds is 10. The van der Waals surface area contributed by atoms with Crippen molar-refractivity contribution >= 4 is 27.9 Å². The average Bonchev–Trinajstić information content (AvgIpc) is 2.86. The summed E-state index contributed by atoms with van der Waals surface area (Å²) in [6, 6.07) is 13.6. The molecule has 0 unspecified atom stereocenters. The first-order valence-electron chi connectivity index (χ1n) is 10.6. The second-order valence-corrected chi connectivity index (χ2v) is 9.20. The van der Waals surface area contributed by atoms with Crippen molar-refractivity contribution in [1.82, 2.24) is 0 Å². The molecule has 3 aromatic carbocycles. The Bertz CT molecular complexity index is 1290. The van der Waals surface area contributed by atoms with E-state index in [1.807, 2.05) is 19.1 Å². The molecule has 0 aromatic heterocycles. The Morgan fingerprint density at radius 3 is 1.57 bits per heavy atom. The van der Waals surface area contributed by atoms with Crippen LogP contribution >= 0.6 is 0 Å². The maximum Gasteiger partial charge on any atom is 0.262 e. The highest BCUT2D eigenvalue weighted by Gasteiger charge is 2.20. The minimum Gasteiger partial charge on any atom is -0.493 e. The van der Waals surface area contributed by atoms with Crippen molar-refractivity contribution < 1.29 is 32.1 Å². The third-order valence-corrected chi connectivity index (χ3v) is 6.61. The minimum absolute atomic E-state index is 0.141. The van der Waals surface area contributed by atoms with Gasteiger partial charge in [-0.05, 0) is 54.4 Å². The molecule has 0 aliphatic carbocycles. The second kappa shape index (κ2) is 11.1. The van der Waals surface area contributed by atoms with Gasteiger partial charge in [-0.25, -0.2) is 8.42 Å². The fraction of sp³-hybridized carbons (Fsp3) is 0.231. The quantitative estimate of drug-likeness (QED) is 0.392. The van der Waals surface area contributed by atoms with Crippen molar-refractivity contribution in [3.63, 3.8) is 0 Å². The fourth-order valence-corrected chi connectivity index (χ4v) is 4.52. The van der Waals surface area contributed by atoms with E-state index in [4.69, 9.17) is 23.7 Å². The van der Waals surface area contributed by atoms with E-state index in [0.717, 1.165) is 11.1 Å². The molecule has 35 heavy (non-hydrogen) atoms. The van der Waals surface area contributed by atoms with E-state index in [0.29, 0.717) is 28.6 Å². The zero-order chi connectivity index (χ0) is 25.6. The highest BCUT2D eigenvalue weighted by molar-refractivity contribution is 7.92. The maximum atomic E-state index is 13.0. The van der Waals surface area contributed by atoms with Crippen LogP contribution in [-0.2, 0) is 10.0 Å². The van der Waals surface area contributed by atoms with Crippen molar-refractivity contribution in [3.8, 4) is 28.7 Å². The molecule has 0 heterocycles. The van der Waals surface area contributed by atoms with E-state index >= 15 is 0 Å². The first-order valence-corrected chi connectivity index (χ1v) is 12.1. The number of ether oxygens (including phenoxy) is 5. The van der Waals surface area contributed by atoms with Gasteiger partial charge in [-0.2, -0.15) is 0 Å². The van der Waals surface area contributed by atoms with Gasteiger partial charge in [-0.1, -0.05) is 29.8 Å². The number of methoxy groups -OCH3 is 5. The molecule has 1 N–H and O–H groups in total. The summed E-state index contributed by atoms with van der Waals surface area (Å²) in [5.41, 5.74) is 2.67. The van der Waals surface area contributed by atoms with Crippen molar-refractivity contribution in [1.29, 1.82) is 0 Å². The Balaban J connectivity index is 2.02. The van der Waals surface area contributed by atoms with Gasteiger partial charge in [0.2, 0.25) is 5.75 Å². The van der Waals surface area contributed by atoms with E-state index in [2.05, 4.69) is 4.72 Å². The number of anilines is 1. The summed E-state index contributed by atoms with van der Waals surface area (Å²) in [5.74, 6) is 2.18. The van der Waals surface area contributed by atoms with Gasteiger partial charge in [0.1, 0.15) is 0 Å². The first kappa shape index (κ1) is 25.8. The molecular weight excluding hydrogens is 470 g/mol. The van der Waals surface area contributed by atoms with Gasteiger partial charge in [-0.3, -0.25) is 4.72 Å². The molecule has 3 aromatic rings. The number of sulfonamides is 1. The van der Waals surface area contributed by atoms with Crippen LogP contribution < -0.4 is 28.4 Å². The van der Waals surface area contributed by atoms with E-state index in [9.17, 15) is 8.42 Å². The van der Waals surface area contributed by atoms with Gasteiger partial charge < -0.3 is 23.7 Å². The normalized spacial score (nSPS) is 11.3. The molecule has 0 atom stereocenters. The molecule has 0 amide bonds. The van der Waals surface area contributed by atoms with Crippen LogP contribution in [0.2, 0.25) is 0 Å². The fourth-order valence-electron chi connectivity index (χ4n) is 3.47. The summed E-state index contributed by atoms with van der Waals surface area (Å²) in [5, 5.41) is 0. The Hall–Kier alpha value is -3.85. The van der Waals surface area contributed by atoms with Gasteiger partial charge in [0, 0.05) is 0 Å². The van der Waals surface area contributed by atoms with Crippen LogP contribution in [0.1, 0.15) is 16.7 Å². The van der Waals surface area contributed by atoms with Gasteiger partial charge >= 0.3 is 0 Å². The summed E-state index contributed by atoms with van der Waals surface area (Å²) in [6.45, 7) is 1.89. The number of aryl methyl sites for hydroxylation is 1. The lowest BCUT2D eigenvalue weighted by Gasteiger charge is -2.16.